The summed E-state index contributed by atoms with van der Waals surface area (Å²) in [5.74, 6) is 2.36. The molecule has 0 atom stereocenters. The number of terminal acetylenes is 1. The molecule has 0 aromatic rings. The van der Waals surface area contributed by atoms with E-state index in [1.807, 2.05) is 0 Å². The van der Waals surface area contributed by atoms with Crippen LogP contribution in [0, 0.1) is 12.3 Å². The minimum atomic E-state index is -0.561. The zero-order valence-electron chi connectivity index (χ0n) is 10.9. The van der Waals surface area contributed by atoms with E-state index < -0.39 is 11.7 Å². The first kappa shape index (κ1) is 15.5. The highest BCUT2D eigenvalue weighted by Gasteiger charge is 2.22. The number of ether oxygens (including phenoxy) is 1. The average molecular weight is 239 g/mol. The third kappa shape index (κ3) is 8.35. The van der Waals surface area contributed by atoms with Gasteiger partial charge in [-0.05, 0) is 33.6 Å². The number of allylic oxidation sites excluding steroid dienone is 1. The molecule has 0 aliphatic rings. The maximum atomic E-state index is 11.7. The highest BCUT2D eigenvalue weighted by molar-refractivity contribution is 5.67. The number of nitrogens with zero attached hydrogens (tertiary/aromatic N) is 1. The van der Waals surface area contributed by atoms with Crippen molar-refractivity contribution in [3.8, 4) is 12.3 Å². The predicted octanol–water partition coefficient (Wildman–Crippen LogP) is 2.75. The van der Waals surface area contributed by atoms with Crippen LogP contribution in [0.15, 0.2) is 12.7 Å². The summed E-state index contributed by atoms with van der Waals surface area (Å²) in [6.07, 6.45) is 8.02. The predicted molar refractivity (Wildman–Crippen MR) is 67.2 cm³/mol. The molecule has 0 saturated heterocycles. The van der Waals surface area contributed by atoms with Crippen molar-refractivity contribution in [2.75, 3.05) is 13.2 Å². The molecule has 0 aliphatic carbocycles. The molecule has 1 amide bonds. The van der Waals surface area contributed by atoms with Crippen molar-refractivity contribution in [2.45, 2.75) is 39.2 Å². The van der Waals surface area contributed by atoms with Crippen molar-refractivity contribution in [1.29, 1.82) is 0 Å². The van der Waals surface area contributed by atoms with Crippen LogP contribution < -0.4 is 0 Å². The molecule has 4 nitrogen and oxygen atoms in total. The number of amides is 1. The number of hydroxylamine groups is 2. The molecule has 0 fully saturated rings. The molecule has 0 bridgehead atoms. The van der Waals surface area contributed by atoms with E-state index in [0.717, 1.165) is 17.9 Å². The number of rotatable bonds is 6. The van der Waals surface area contributed by atoms with Gasteiger partial charge in [-0.25, -0.2) is 4.79 Å². The zero-order chi connectivity index (χ0) is 13.3. The molecule has 0 radical (unpaired) electrons. The van der Waals surface area contributed by atoms with Crippen LogP contribution in [0.3, 0.4) is 0 Å². The second-order valence-electron chi connectivity index (χ2n) is 4.49. The minimum absolute atomic E-state index is 0.0724. The van der Waals surface area contributed by atoms with Crippen LogP contribution in [0.1, 0.15) is 33.6 Å². The Bertz CT molecular complexity index is 286. The fraction of sp³-hybridized carbons (Fsp3) is 0.615. The Morgan fingerprint density at radius 2 is 2.18 bits per heavy atom. The molecule has 0 spiro atoms. The Kier molecular flexibility index (Phi) is 7.08. The van der Waals surface area contributed by atoms with Crippen molar-refractivity contribution in [3.63, 3.8) is 0 Å². The van der Waals surface area contributed by atoms with Crippen LogP contribution >= 0.6 is 0 Å². The summed E-state index contributed by atoms with van der Waals surface area (Å²) in [4.78, 5) is 16.9. The second-order valence-corrected chi connectivity index (χ2v) is 4.49. The number of hydrogen-bond donors (Lipinski definition) is 0. The van der Waals surface area contributed by atoms with Gasteiger partial charge in [-0.2, -0.15) is 5.06 Å². The Morgan fingerprint density at radius 3 is 2.65 bits per heavy atom. The van der Waals surface area contributed by atoms with Crippen molar-refractivity contribution in [1.82, 2.24) is 5.06 Å². The summed E-state index contributed by atoms with van der Waals surface area (Å²) in [6.45, 7) is 9.45. The van der Waals surface area contributed by atoms with Crippen molar-refractivity contribution >= 4 is 6.09 Å². The van der Waals surface area contributed by atoms with Crippen LogP contribution in [0.4, 0.5) is 4.79 Å². The SMILES string of the molecule is C#CCN(OCCCC=C)C(=O)OC(C)(C)C. The van der Waals surface area contributed by atoms with Gasteiger partial charge in [-0.3, -0.25) is 4.84 Å². The maximum absolute atomic E-state index is 11.7. The van der Waals surface area contributed by atoms with Crippen molar-refractivity contribution in [2.24, 2.45) is 0 Å². The monoisotopic (exact) mass is 239 g/mol. The van der Waals surface area contributed by atoms with E-state index in [0.29, 0.717) is 6.61 Å². The lowest BCUT2D eigenvalue weighted by molar-refractivity contribution is -0.140. The van der Waals surface area contributed by atoms with Crippen molar-refractivity contribution in [3.05, 3.63) is 12.7 Å². The molecular formula is C13H21NO3. The highest BCUT2D eigenvalue weighted by Crippen LogP contribution is 2.10. The molecule has 0 aliphatic heterocycles. The summed E-state index contributed by atoms with van der Waals surface area (Å²) >= 11 is 0. The largest absolute Gasteiger partial charge is 0.442 e. The normalized spacial score (nSPS) is 10.5. The van der Waals surface area contributed by atoms with Gasteiger partial charge in [0.1, 0.15) is 12.1 Å². The average Bonchev–Trinajstić information content (AvgIpc) is 2.20. The molecule has 0 aromatic heterocycles. The quantitative estimate of drug-likeness (QED) is 0.309. The van der Waals surface area contributed by atoms with Gasteiger partial charge in [0.05, 0.1) is 6.61 Å². The molecule has 0 N–H and O–H groups in total. The van der Waals surface area contributed by atoms with Crippen LogP contribution in [-0.4, -0.2) is 29.9 Å². The molecule has 0 heterocycles. The van der Waals surface area contributed by atoms with Crippen LogP contribution in [0.25, 0.3) is 0 Å². The van der Waals surface area contributed by atoms with Gasteiger partial charge in [0.15, 0.2) is 0 Å². The summed E-state index contributed by atoms with van der Waals surface area (Å²) < 4.78 is 5.16. The topological polar surface area (TPSA) is 38.8 Å². The molecule has 0 aromatic carbocycles. The van der Waals surface area contributed by atoms with E-state index in [2.05, 4.69) is 12.5 Å². The number of unbranched alkanes of at least 4 members (excludes halogenated alkanes) is 1. The van der Waals surface area contributed by atoms with E-state index in [1.54, 1.807) is 26.8 Å². The van der Waals surface area contributed by atoms with Gasteiger partial charge < -0.3 is 4.74 Å². The molecule has 17 heavy (non-hydrogen) atoms. The first-order chi connectivity index (χ1) is 7.90. The highest BCUT2D eigenvalue weighted by atomic mass is 16.7. The second kappa shape index (κ2) is 7.75. The van der Waals surface area contributed by atoms with Crippen molar-refractivity contribution < 1.29 is 14.4 Å². The lowest BCUT2D eigenvalue weighted by Gasteiger charge is -2.25. The van der Waals surface area contributed by atoms with Gasteiger partial charge in [-0.15, -0.1) is 13.0 Å². The summed E-state index contributed by atoms with van der Waals surface area (Å²) in [6, 6.07) is 0. The van der Waals surface area contributed by atoms with Gasteiger partial charge in [0, 0.05) is 0 Å². The van der Waals surface area contributed by atoms with E-state index in [4.69, 9.17) is 16.0 Å². The summed E-state index contributed by atoms with van der Waals surface area (Å²) in [5.41, 5.74) is -0.561. The summed E-state index contributed by atoms with van der Waals surface area (Å²) in [7, 11) is 0. The molecule has 0 rings (SSSR count). The molecule has 0 saturated carbocycles. The van der Waals surface area contributed by atoms with Gasteiger partial charge >= 0.3 is 6.09 Å². The maximum Gasteiger partial charge on any atom is 0.435 e. The number of carbonyl (C=O) groups is 1. The van der Waals surface area contributed by atoms with E-state index in [9.17, 15) is 4.79 Å². The third-order valence-electron chi connectivity index (χ3n) is 1.63. The fourth-order valence-corrected chi connectivity index (χ4v) is 0.961. The molecule has 96 valence electrons. The van der Waals surface area contributed by atoms with E-state index in [1.165, 1.54) is 0 Å². The van der Waals surface area contributed by atoms with Crippen LogP contribution in [-0.2, 0) is 9.57 Å². The van der Waals surface area contributed by atoms with E-state index in [-0.39, 0.29) is 6.54 Å². The van der Waals surface area contributed by atoms with Crippen LogP contribution in [0.5, 0.6) is 0 Å². The molecule has 4 heteroatoms. The number of carbonyl (C=O) groups excluding carboxylic acids is 1. The van der Waals surface area contributed by atoms with Gasteiger partial charge in [0.2, 0.25) is 0 Å². The number of hydrogen-bond acceptors (Lipinski definition) is 3. The molecular weight excluding hydrogens is 218 g/mol. The van der Waals surface area contributed by atoms with Crippen LogP contribution in [0.2, 0.25) is 0 Å². The zero-order valence-corrected chi connectivity index (χ0v) is 10.9. The smallest absolute Gasteiger partial charge is 0.435 e. The Hall–Kier alpha value is -1.47. The summed E-state index contributed by atoms with van der Waals surface area (Å²) in [5, 5.41) is 1.06. The lowest BCUT2D eigenvalue weighted by atomic mass is 10.2. The Labute approximate surface area is 104 Å². The Balaban J connectivity index is 4.17. The third-order valence-corrected chi connectivity index (χ3v) is 1.63. The molecule has 0 unspecified atom stereocenters. The first-order valence-electron chi connectivity index (χ1n) is 5.58. The first-order valence-corrected chi connectivity index (χ1v) is 5.58. The van der Waals surface area contributed by atoms with Gasteiger partial charge in [-0.1, -0.05) is 12.0 Å². The minimum Gasteiger partial charge on any atom is -0.442 e. The fourth-order valence-electron chi connectivity index (χ4n) is 0.961. The standard InChI is InChI=1S/C13H21NO3/c1-6-8-9-11-16-14(10-7-2)12(15)17-13(3,4)5/h2,6H,1,8-11H2,3-5H3. The lowest BCUT2D eigenvalue weighted by Crippen LogP contribution is -2.37. The Morgan fingerprint density at radius 1 is 1.53 bits per heavy atom. The van der Waals surface area contributed by atoms with Gasteiger partial charge in [0.25, 0.3) is 0 Å². The van der Waals surface area contributed by atoms with E-state index >= 15 is 0 Å².